The molecule has 1 aromatic rings. The molecule has 0 radical (unpaired) electrons. The molecule has 176 valence electrons. The van der Waals surface area contributed by atoms with Crippen molar-refractivity contribution in [2.75, 3.05) is 6.61 Å². The Morgan fingerprint density at radius 3 is 2.45 bits per heavy atom. The molecule has 0 saturated heterocycles. The molecule has 1 aromatic carbocycles. The fourth-order valence-electron chi connectivity index (χ4n) is 4.25. The zero-order chi connectivity index (χ0) is 24.6. The topological polar surface area (TPSA) is 43.4 Å². The summed E-state index contributed by atoms with van der Waals surface area (Å²) >= 11 is 0. The van der Waals surface area contributed by atoms with Crippen LogP contribution in [-0.2, 0) is 9.53 Å². The fourth-order valence-corrected chi connectivity index (χ4v) is 4.25. The summed E-state index contributed by atoms with van der Waals surface area (Å²) in [5.41, 5.74) is 7.63. The van der Waals surface area contributed by atoms with Crippen LogP contribution in [0.25, 0.3) is 0 Å². The van der Waals surface area contributed by atoms with Gasteiger partial charge in [0.2, 0.25) is 5.78 Å². The zero-order valence-electron chi connectivity index (χ0n) is 21.2. The zero-order valence-corrected chi connectivity index (χ0v) is 21.2. The average Bonchev–Trinajstić information content (AvgIpc) is 2.71. The van der Waals surface area contributed by atoms with Crippen LogP contribution in [0.5, 0.6) is 0 Å². The van der Waals surface area contributed by atoms with E-state index in [-0.39, 0.29) is 17.8 Å². The second kappa shape index (κ2) is 11.8. The van der Waals surface area contributed by atoms with Gasteiger partial charge in [-0.15, -0.1) is 0 Å². The van der Waals surface area contributed by atoms with Gasteiger partial charge in [0, 0.05) is 11.6 Å². The first-order valence-electron chi connectivity index (χ1n) is 11.7. The van der Waals surface area contributed by atoms with Gasteiger partial charge in [-0.25, -0.2) is 4.79 Å². The molecule has 0 bridgehead atoms. The summed E-state index contributed by atoms with van der Waals surface area (Å²) < 4.78 is 5.15. The van der Waals surface area contributed by atoms with E-state index in [0.717, 1.165) is 22.3 Å². The van der Waals surface area contributed by atoms with E-state index in [9.17, 15) is 9.59 Å². The van der Waals surface area contributed by atoms with Crippen molar-refractivity contribution < 1.29 is 14.3 Å². The number of hydrogen-bond donors (Lipinski definition) is 0. The number of carbonyl (C=O) groups excluding carboxylic acids is 2. The molecule has 0 heterocycles. The van der Waals surface area contributed by atoms with Gasteiger partial charge in [0.15, 0.2) is 6.61 Å². The normalized spacial score (nSPS) is 17.2. The molecule has 0 aliphatic heterocycles. The van der Waals surface area contributed by atoms with Crippen molar-refractivity contribution in [1.82, 2.24) is 0 Å². The van der Waals surface area contributed by atoms with Crippen molar-refractivity contribution in [2.45, 2.75) is 67.7 Å². The van der Waals surface area contributed by atoms with Crippen molar-refractivity contribution in [1.29, 1.82) is 0 Å². The van der Waals surface area contributed by atoms with E-state index in [1.165, 1.54) is 36.5 Å². The summed E-state index contributed by atoms with van der Waals surface area (Å²) in [4.78, 5) is 24.4. The molecule has 2 rings (SSSR count). The third-order valence-corrected chi connectivity index (χ3v) is 6.15. The van der Waals surface area contributed by atoms with E-state index in [1.54, 1.807) is 6.07 Å². The highest BCUT2D eigenvalue weighted by Gasteiger charge is 2.26. The Morgan fingerprint density at radius 1 is 1.06 bits per heavy atom. The van der Waals surface area contributed by atoms with Crippen LogP contribution in [0, 0.1) is 19.3 Å². The molecule has 1 aliphatic rings. The lowest BCUT2D eigenvalue weighted by Crippen LogP contribution is -2.19. The number of allylic oxidation sites excluding steroid dienone is 9. The molecular formula is C30H38O3. The predicted octanol–water partition coefficient (Wildman–Crippen LogP) is 7.56. The van der Waals surface area contributed by atoms with Gasteiger partial charge in [-0.05, 0) is 76.0 Å². The first-order chi connectivity index (χ1) is 15.5. The Balaban J connectivity index is 1.91. The third-order valence-electron chi connectivity index (χ3n) is 6.15. The van der Waals surface area contributed by atoms with Gasteiger partial charge in [0.05, 0.1) is 0 Å². The summed E-state index contributed by atoms with van der Waals surface area (Å²) in [6.45, 7) is 14.4. The Bertz CT molecular complexity index is 1040. The number of Topliss-reactive ketones (excluding diaryl/α,β-unsaturated/α-hetero) is 1. The van der Waals surface area contributed by atoms with E-state index >= 15 is 0 Å². The second-order valence-electron chi connectivity index (χ2n) is 9.77. The Morgan fingerprint density at radius 2 is 1.79 bits per heavy atom. The molecule has 0 spiro atoms. The maximum Gasteiger partial charge on any atom is 0.331 e. The van der Waals surface area contributed by atoms with Gasteiger partial charge in [0.25, 0.3) is 0 Å². The summed E-state index contributed by atoms with van der Waals surface area (Å²) in [5.74, 6) is -0.711. The molecular weight excluding hydrogens is 408 g/mol. The molecule has 33 heavy (non-hydrogen) atoms. The van der Waals surface area contributed by atoms with Crippen LogP contribution in [0.15, 0.2) is 76.9 Å². The number of aryl methyl sites for hydroxylation is 2. The monoisotopic (exact) mass is 446 g/mol. The highest BCUT2D eigenvalue weighted by molar-refractivity contribution is 5.99. The Kier molecular flexibility index (Phi) is 9.40. The highest BCUT2D eigenvalue weighted by Crippen LogP contribution is 2.40. The molecule has 0 fully saturated rings. The van der Waals surface area contributed by atoms with Gasteiger partial charge in [-0.1, -0.05) is 79.1 Å². The largest absolute Gasteiger partial charge is 0.454 e. The van der Waals surface area contributed by atoms with Gasteiger partial charge in [-0.2, -0.15) is 0 Å². The second-order valence-corrected chi connectivity index (χ2v) is 9.77. The lowest BCUT2D eigenvalue weighted by Gasteiger charge is -2.32. The molecule has 0 atom stereocenters. The standard InChI is InChI=1S/C30H38O3/c1-21(14-16-27-24(4)12-9-17-30(27,6)7)10-8-11-22(2)19-29(32)33-20-28(31)26-15-13-23(3)18-25(26)5/h8,10-11,13-16,18-19H,9,12,17,20H2,1-7H3. The average molecular weight is 447 g/mol. The number of carbonyl (C=O) groups is 2. The van der Waals surface area contributed by atoms with E-state index in [0.29, 0.717) is 5.56 Å². The molecule has 1 aliphatic carbocycles. The van der Waals surface area contributed by atoms with Crippen LogP contribution in [-0.4, -0.2) is 18.4 Å². The van der Waals surface area contributed by atoms with Crippen LogP contribution >= 0.6 is 0 Å². The molecule has 3 nitrogen and oxygen atoms in total. The van der Waals surface area contributed by atoms with Crippen molar-refractivity contribution in [3.05, 3.63) is 93.6 Å². The number of ketones is 1. The Labute approximate surface area is 199 Å². The first kappa shape index (κ1) is 26.3. The maximum absolute atomic E-state index is 12.3. The van der Waals surface area contributed by atoms with Crippen molar-refractivity contribution in [3.63, 3.8) is 0 Å². The summed E-state index contributed by atoms with van der Waals surface area (Å²) in [7, 11) is 0. The molecule has 0 unspecified atom stereocenters. The fraction of sp³-hybridized carbons (Fsp3) is 0.400. The first-order valence-corrected chi connectivity index (χ1v) is 11.7. The number of rotatable bonds is 8. The van der Waals surface area contributed by atoms with Crippen LogP contribution < -0.4 is 0 Å². The van der Waals surface area contributed by atoms with Gasteiger partial charge >= 0.3 is 5.97 Å². The van der Waals surface area contributed by atoms with E-state index in [2.05, 4.69) is 39.8 Å². The van der Waals surface area contributed by atoms with Gasteiger partial charge in [-0.3, -0.25) is 4.79 Å². The predicted molar refractivity (Wildman–Crippen MR) is 137 cm³/mol. The minimum Gasteiger partial charge on any atom is -0.454 e. The lowest BCUT2D eigenvalue weighted by atomic mass is 9.72. The minimum atomic E-state index is -0.516. The summed E-state index contributed by atoms with van der Waals surface area (Å²) in [6, 6.07) is 5.61. The molecule has 0 aromatic heterocycles. The molecule has 0 N–H and O–H groups in total. The molecule has 3 heteroatoms. The SMILES string of the molecule is CC(C=CC1=C(C)CCCC1(C)C)=CC=CC(C)=CC(=O)OCC(=O)c1ccc(C)cc1C. The molecule has 0 saturated carbocycles. The number of esters is 1. The quantitative estimate of drug-likeness (QED) is 0.179. The van der Waals surface area contributed by atoms with E-state index in [4.69, 9.17) is 4.74 Å². The van der Waals surface area contributed by atoms with Crippen molar-refractivity contribution in [3.8, 4) is 0 Å². The van der Waals surface area contributed by atoms with Crippen molar-refractivity contribution >= 4 is 11.8 Å². The minimum absolute atomic E-state index is 0.195. The van der Waals surface area contributed by atoms with E-state index in [1.807, 2.05) is 51.1 Å². The smallest absolute Gasteiger partial charge is 0.331 e. The third kappa shape index (κ3) is 8.16. The summed E-state index contributed by atoms with van der Waals surface area (Å²) in [6.07, 6.45) is 15.3. The van der Waals surface area contributed by atoms with Crippen LogP contribution in [0.3, 0.4) is 0 Å². The van der Waals surface area contributed by atoms with E-state index < -0.39 is 5.97 Å². The number of hydrogen-bond acceptors (Lipinski definition) is 3. The number of ether oxygens (including phenoxy) is 1. The van der Waals surface area contributed by atoms with Crippen LogP contribution in [0.1, 0.15) is 75.4 Å². The van der Waals surface area contributed by atoms with Gasteiger partial charge < -0.3 is 4.74 Å². The molecule has 0 amide bonds. The van der Waals surface area contributed by atoms with Crippen molar-refractivity contribution in [2.24, 2.45) is 5.41 Å². The maximum atomic E-state index is 12.3. The van der Waals surface area contributed by atoms with Crippen LogP contribution in [0.4, 0.5) is 0 Å². The summed E-state index contributed by atoms with van der Waals surface area (Å²) in [5, 5.41) is 0. The Hall–Kier alpha value is -2.94. The van der Waals surface area contributed by atoms with Crippen LogP contribution in [0.2, 0.25) is 0 Å². The lowest BCUT2D eigenvalue weighted by molar-refractivity contribution is -0.136. The number of benzene rings is 1. The highest BCUT2D eigenvalue weighted by atomic mass is 16.5. The van der Waals surface area contributed by atoms with Gasteiger partial charge in [0.1, 0.15) is 0 Å².